The third kappa shape index (κ3) is 3.42. The second-order valence-corrected chi connectivity index (χ2v) is 4.20. The van der Waals surface area contributed by atoms with E-state index in [2.05, 4.69) is 6.92 Å². The molecule has 0 aromatic carbocycles. The summed E-state index contributed by atoms with van der Waals surface area (Å²) < 4.78 is 22.3. The third-order valence-electron chi connectivity index (χ3n) is 3.06. The Kier molecular flexibility index (Phi) is 6.28. The zero-order valence-corrected chi connectivity index (χ0v) is 10.8. The summed E-state index contributed by atoms with van der Waals surface area (Å²) in [6.45, 7) is 5.50. The number of unbranched alkanes of at least 4 members (excludes halogenated alkanes) is 1. The lowest BCUT2D eigenvalue weighted by Gasteiger charge is -2.39. The molecule has 96 valence electrons. The van der Waals surface area contributed by atoms with Gasteiger partial charge in [0.1, 0.15) is 18.3 Å². The molecule has 0 spiro atoms. The maximum Gasteiger partial charge on any atom is 0.114 e. The zero-order valence-electron chi connectivity index (χ0n) is 10.8. The van der Waals surface area contributed by atoms with Crippen LogP contribution in [0.25, 0.3) is 0 Å². The van der Waals surface area contributed by atoms with Crippen molar-refractivity contribution in [1.82, 2.24) is 0 Å². The Labute approximate surface area is 98.2 Å². The Bertz CT molecular complexity index is 186. The summed E-state index contributed by atoms with van der Waals surface area (Å²) in [6.07, 6.45) is 2.16. The Morgan fingerprint density at radius 3 is 2.50 bits per heavy atom. The van der Waals surface area contributed by atoms with E-state index < -0.39 is 0 Å². The van der Waals surface area contributed by atoms with Crippen LogP contribution < -0.4 is 0 Å². The molecule has 0 saturated carbocycles. The van der Waals surface area contributed by atoms with Crippen molar-refractivity contribution in [2.24, 2.45) is 0 Å². The zero-order chi connectivity index (χ0) is 12.0. The van der Waals surface area contributed by atoms with Crippen molar-refractivity contribution in [3.8, 4) is 0 Å². The first-order chi connectivity index (χ1) is 7.74. The van der Waals surface area contributed by atoms with Gasteiger partial charge in [-0.2, -0.15) is 0 Å². The second kappa shape index (κ2) is 7.22. The molecule has 4 atom stereocenters. The fraction of sp³-hybridized carbons (Fsp3) is 1.00. The van der Waals surface area contributed by atoms with Gasteiger partial charge in [-0.1, -0.05) is 13.3 Å². The number of methoxy groups -OCH3 is 2. The Morgan fingerprint density at radius 1 is 1.19 bits per heavy atom. The molecular weight excluding hydrogens is 208 g/mol. The van der Waals surface area contributed by atoms with Gasteiger partial charge >= 0.3 is 0 Å². The molecule has 0 aliphatic carbocycles. The summed E-state index contributed by atoms with van der Waals surface area (Å²) in [7, 11) is 3.38. The lowest BCUT2D eigenvalue weighted by Crippen LogP contribution is -2.54. The Hall–Kier alpha value is -0.160. The van der Waals surface area contributed by atoms with Crippen molar-refractivity contribution >= 4 is 0 Å². The largest absolute Gasteiger partial charge is 0.376 e. The predicted octanol–water partition coefficient (Wildman–Crippen LogP) is 1.62. The summed E-state index contributed by atoms with van der Waals surface area (Å²) in [4.78, 5) is 0. The maximum atomic E-state index is 5.87. The SMILES string of the molecule is CCCCO[C@H]1[C@@H](OC)[C@H](C)OC[C@H]1OC. The predicted molar refractivity (Wildman–Crippen MR) is 61.7 cm³/mol. The van der Waals surface area contributed by atoms with Crippen LogP contribution in [0.2, 0.25) is 0 Å². The van der Waals surface area contributed by atoms with Gasteiger partial charge in [0, 0.05) is 20.8 Å². The summed E-state index contributed by atoms with van der Waals surface area (Å²) >= 11 is 0. The highest BCUT2D eigenvalue weighted by Gasteiger charge is 2.39. The summed E-state index contributed by atoms with van der Waals surface area (Å²) in [6, 6.07) is 0. The fourth-order valence-corrected chi connectivity index (χ4v) is 2.01. The van der Waals surface area contributed by atoms with Crippen LogP contribution in [0.15, 0.2) is 0 Å². The van der Waals surface area contributed by atoms with E-state index in [4.69, 9.17) is 18.9 Å². The molecule has 1 heterocycles. The lowest BCUT2D eigenvalue weighted by molar-refractivity contribution is -0.214. The molecule has 0 aromatic heterocycles. The number of hydrogen-bond acceptors (Lipinski definition) is 4. The second-order valence-electron chi connectivity index (χ2n) is 4.20. The molecule has 4 nitrogen and oxygen atoms in total. The molecule has 0 bridgehead atoms. The molecule has 1 fully saturated rings. The molecule has 0 aromatic rings. The van der Waals surface area contributed by atoms with Gasteiger partial charge in [0.2, 0.25) is 0 Å². The molecule has 4 heteroatoms. The van der Waals surface area contributed by atoms with Crippen LogP contribution in [0.1, 0.15) is 26.7 Å². The maximum absolute atomic E-state index is 5.87. The van der Waals surface area contributed by atoms with Gasteiger partial charge in [-0.15, -0.1) is 0 Å². The van der Waals surface area contributed by atoms with E-state index in [1.54, 1.807) is 14.2 Å². The molecule has 0 amide bonds. The fourth-order valence-electron chi connectivity index (χ4n) is 2.01. The van der Waals surface area contributed by atoms with Gasteiger partial charge < -0.3 is 18.9 Å². The topological polar surface area (TPSA) is 36.9 Å². The van der Waals surface area contributed by atoms with Gasteiger partial charge in [0.25, 0.3) is 0 Å². The molecule has 1 saturated heterocycles. The van der Waals surface area contributed by atoms with Crippen LogP contribution in [-0.4, -0.2) is 51.8 Å². The molecule has 16 heavy (non-hydrogen) atoms. The minimum Gasteiger partial charge on any atom is -0.376 e. The highest BCUT2D eigenvalue weighted by molar-refractivity contribution is 4.88. The first-order valence-electron chi connectivity index (χ1n) is 6.03. The number of hydrogen-bond donors (Lipinski definition) is 0. The normalized spacial score (nSPS) is 35.2. The molecular formula is C12H24O4. The van der Waals surface area contributed by atoms with Crippen molar-refractivity contribution in [3.63, 3.8) is 0 Å². The molecule has 0 radical (unpaired) electrons. The Morgan fingerprint density at radius 2 is 1.94 bits per heavy atom. The first-order valence-corrected chi connectivity index (χ1v) is 6.03. The van der Waals surface area contributed by atoms with Gasteiger partial charge in [0.05, 0.1) is 12.7 Å². The highest BCUT2D eigenvalue weighted by atomic mass is 16.6. The molecule has 1 aliphatic heterocycles. The molecule has 1 aliphatic rings. The van der Waals surface area contributed by atoms with E-state index in [-0.39, 0.29) is 24.4 Å². The highest BCUT2D eigenvalue weighted by Crippen LogP contribution is 2.22. The van der Waals surface area contributed by atoms with Gasteiger partial charge in [-0.05, 0) is 13.3 Å². The smallest absolute Gasteiger partial charge is 0.114 e. The first kappa shape index (κ1) is 13.9. The van der Waals surface area contributed by atoms with Crippen LogP contribution in [0.4, 0.5) is 0 Å². The third-order valence-corrected chi connectivity index (χ3v) is 3.06. The standard InChI is InChI=1S/C12H24O4/c1-5-6-7-15-12-10(13-3)8-16-9(2)11(12)14-4/h9-12H,5-8H2,1-4H3/t9-,10+,11-,12+/m0/s1. The minimum absolute atomic E-state index is 0.0229. The van der Waals surface area contributed by atoms with Gasteiger partial charge in [0.15, 0.2) is 0 Å². The summed E-state index contributed by atoms with van der Waals surface area (Å²) in [5.41, 5.74) is 0. The Balaban J connectivity index is 2.54. The summed E-state index contributed by atoms with van der Waals surface area (Å²) in [5, 5.41) is 0. The van der Waals surface area contributed by atoms with E-state index in [1.165, 1.54) is 0 Å². The van der Waals surface area contributed by atoms with Crippen molar-refractivity contribution in [2.45, 2.75) is 51.1 Å². The van der Waals surface area contributed by atoms with E-state index in [0.29, 0.717) is 6.61 Å². The van der Waals surface area contributed by atoms with Crippen LogP contribution >= 0.6 is 0 Å². The van der Waals surface area contributed by atoms with Crippen molar-refractivity contribution in [2.75, 3.05) is 27.4 Å². The van der Waals surface area contributed by atoms with E-state index in [9.17, 15) is 0 Å². The minimum atomic E-state index is -0.0458. The average Bonchev–Trinajstić information content (AvgIpc) is 2.30. The quantitative estimate of drug-likeness (QED) is 0.652. The van der Waals surface area contributed by atoms with Gasteiger partial charge in [-0.25, -0.2) is 0 Å². The van der Waals surface area contributed by atoms with E-state index in [0.717, 1.165) is 19.4 Å². The molecule has 1 rings (SSSR count). The van der Waals surface area contributed by atoms with Crippen LogP contribution in [0, 0.1) is 0 Å². The number of rotatable bonds is 6. The van der Waals surface area contributed by atoms with Crippen LogP contribution in [0.3, 0.4) is 0 Å². The average molecular weight is 232 g/mol. The van der Waals surface area contributed by atoms with E-state index in [1.807, 2.05) is 6.92 Å². The van der Waals surface area contributed by atoms with Crippen molar-refractivity contribution < 1.29 is 18.9 Å². The molecule has 0 unspecified atom stereocenters. The van der Waals surface area contributed by atoms with Crippen molar-refractivity contribution in [1.29, 1.82) is 0 Å². The lowest BCUT2D eigenvalue weighted by atomic mass is 10.0. The van der Waals surface area contributed by atoms with Crippen LogP contribution in [-0.2, 0) is 18.9 Å². The van der Waals surface area contributed by atoms with Crippen LogP contribution in [0.5, 0.6) is 0 Å². The number of ether oxygens (including phenoxy) is 4. The monoisotopic (exact) mass is 232 g/mol. The molecule has 0 N–H and O–H groups in total. The van der Waals surface area contributed by atoms with E-state index >= 15 is 0 Å². The summed E-state index contributed by atoms with van der Waals surface area (Å²) in [5.74, 6) is 0. The van der Waals surface area contributed by atoms with Crippen molar-refractivity contribution in [3.05, 3.63) is 0 Å². The van der Waals surface area contributed by atoms with Gasteiger partial charge in [-0.3, -0.25) is 0 Å².